The number of hydrogen-bond acceptors (Lipinski definition) is 4. The summed E-state index contributed by atoms with van der Waals surface area (Å²) in [4.78, 5) is 15.6. The van der Waals surface area contributed by atoms with Crippen molar-refractivity contribution in [2.45, 2.75) is 13.0 Å². The number of nitrogens with two attached hydrogens (primary N) is 1. The molecule has 1 heterocycles. The second-order valence-corrected chi connectivity index (χ2v) is 4.75. The van der Waals surface area contributed by atoms with Gasteiger partial charge in [-0.15, -0.1) is 0 Å². The smallest absolute Gasteiger partial charge is 0.225 e. The third-order valence-electron chi connectivity index (χ3n) is 2.69. The molecule has 1 amide bonds. The second kappa shape index (κ2) is 7.61. The zero-order valence-corrected chi connectivity index (χ0v) is 12.1. The van der Waals surface area contributed by atoms with Crippen molar-refractivity contribution in [1.82, 2.24) is 4.98 Å². The summed E-state index contributed by atoms with van der Waals surface area (Å²) in [6.45, 7) is 0.643. The van der Waals surface area contributed by atoms with Gasteiger partial charge in [-0.05, 0) is 30.3 Å². The molecule has 3 N–H and O–H groups in total. The van der Waals surface area contributed by atoms with E-state index in [0.717, 1.165) is 5.69 Å². The normalized spacial score (nSPS) is 10.2. The van der Waals surface area contributed by atoms with Crippen molar-refractivity contribution < 1.29 is 9.53 Å². The van der Waals surface area contributed by atoms with Crippen molar-refractivity contribution in [2.24, 2.45) is 5.73 Å². The first-order valence-corrected chi connectivity index (χ1v) is 6.89. The largest absolute Gasteiger partial charge is 0.486 e. The topological polar surface area (TPSA) is 77.2 Å². The highest BCUT2D eigenvalue weighted by atomic mass is 35.5. The number of hydrogen-bond donors (Lipinski definition) is 2. The van der Waals surface area contributed by atoms with E-state index in [1.165, 1.54) is 0 Å². The highest BCUT2D eigenvalue weighted by Gasteiger charge is 2.06. The summed E-state index contributed by atoms with van der Waals surface area (Å²) < 4.78 is 5.60. The Morgan fingerprint density at radius 3 is 2.86 bits per heavy atom. The molecule has 0 unspecified atom stereocenters. The maximum absolute atomic E-state index is 11.4. The van der Waals surface area contributed by atoms with Crippen LogP contribution in [0.25, 0.3) is 0 Å². The van der Waals surface area contributed by atoms with Crippen LogP contribution >= 0.6 is 11.6 Å². The molecule has 2 aromatic rings. The third-order valence-corrected chi connectivity index (χ3v) is 2.98. The van der Waals surface area contributed by atoms with E-state index in [1.807, 2.05) is 18.2 Å². The highest BCUT2D eigenvalue weighted by molar-refractivity contribution is 6.32. The minimum Gasteiger partial charge on any atom is -0.486 e. The Labute approximate surface area is 128 Å². The van der Waals surface area contributed by atoms with Crippen molar-refractivity contribution in [3.05, 3.63) is 53.3 Å². The predicted octanol–water partition coefficient (Wildman–Crippen LogP) is 2.60. The number of nitrogens with zero attached hydrogens (tertiary/aromatic N) is 1. The maximum atomic E-state index is 11.4. The van der Waals surface area contributed by atoms with E-state index < -0.39 is 0 Å². The zero-order chi connectivity index (χ0) is 15.1. The molecule has 0 atom stereocenters. The van der Waals surface area contributed by atoms with Gasteiger partial charge in [0.2, 0.25) is 5.91 Å². The fourth-order valence-corrected chi connectivity index (χ4v) is 1.92. The number of rotatable bonds is 6. The summed E-state index contributed by atoms with van der Waals surface area (Å²) in [6, 6.07) is 10.7. The quantitative estimate of drug-likeness (QED) is 0.860. The van der Waals surface area contributed by atoms with Gasteiger partial charge in [-0.2, -0.15) is 0 Å². The molecule has 2 rings (SSSR count). The lowest BCUT2D eigenvalue weighted by Gasteiger charge is -2.10. The first-order chi connectivity index (χ1) is 10.2. The van der Waals surface area contributed by atoms with Crippen LogP contribution in [-0.4, -0.2) is 17.4 Å². The predicted molar refractivity (Wildman–Crippen MR) is 82.3 cm³/mol. The zero-order valence-electron chi connectivity index (χ0n) is 11.4. The first-order valence-electron chi connectivity index (χ1n) is 6.51. The molecule has 0 radical (unpaired) electrons. The van der Waals surface area contributed by atoms with Crippen molar-refractivity contribution in [1.29, 1.82) is 0 Å². The lowest BCUT2D eigenvalue weighted by atomic mass is 10.3. The van der Waals surface area contributed by atoms with Crippen LogP contribution in [0.2, 0.25) is 5.02 Å². The Morgan fingerprint density at radius 1 is 1.33 bits per heavy atom. The summed E-state index contributed by atoms with van der Waals surface area (Å²) in [6.07, 6.45) is 1.98. The molecule has 1 aromatic heterocycles. The van der Waals surface area contributed by atoms with Gasteiger partial charge in [0.25, 0.3) is 0 Å². The van der Waals surface area contributed by atoms with Crippen LogP contribution in [0.15, 0.2) is 42.6 Å². The molecule has 0 bridgehead atoms. The standard InChI is InChI=1S/C15H16ClN3O2/c16-13-9-11(19-15(20)6-7-17)4-5-14(13)21-10-12-3-1-2-8-18-12/h1-5,8-9H,6-7,10,17H2,(H,19,20). The summed E-state index contributed by atoms with van der Waals surface area (Å²) in [7, 11) is 0. The van der Waals surface area contributed by atoms with E-state index in [-0.39, 0.29) is 12.3 Å². The molecule has 0 fully saturated rings. The molecule has 0 saturated carbocycles. The monoisotopic (exact) mass is 305 g/mol. The number of pyridine rings is 1. The summed E-state index contributed by atoms with van der Waals surface area (Å²) >= 11 is 6.13. The molecule has 6 heteroatoms. The van der Waals surface area contributed by atoms with Crippen LogP contribution < -0.4 is 15.8 Å². The molecule has 5 nitrogen and oxygen atoms in total. The number of halogens is 1. The van der Waals surface area contributed by atoms with Gasteiger partial charge in [0.15, 0.2) is 0 Å². The number of benzene rings is 1. The van der Waals surface area contributed by atoms with E-state index >= 15 is 0 Å². The molecule has 0 aliphatic carbocycles. The lowest BCUT2D eigenvalue weighted by Crippen LogP contribution is -2.16. The summed E-state index contributed by atoms with van der Waals surface area (Å²) in [5.74, 6) is 0.398. The van der Waals surface area contributed by atoms with E-state index in [9.17, 15) is 4.79 Å². The van der Waals surface area contributed by atoms with E-state index in [4.69, 9.17) is 22.1 Å². The van der Waals surface area contributed by atoms with Crippen molar-refractivity contribution >= 4 is 23.2 Å². The molecule has 1 aromatic carbocycles. The van der Waals surface area contributed by atoms with Crippen molar-refractivity contribution in [3.8, 4) is 5.75 Å². The molecule has 110 valence electrons. The average Bonchev–Trinajstić information content (AvgIpc) is 2.48. The van der Waals surface area contributed by atoms with E-state index in [1.54, 1.807) is 24.4 Å². The summed E-state index contributed by atoms with van der Waals surface area (Å²) in [5, 5.41) is 3.14. The minimum atomic E-state index is -0.143. The van der Waals surface area contributed by atoms with Crippen LogP contribution in [-0.2, 0) is 11.4 Å². The SMILES string of the molecule is NCCC(=O)Nc1ccc(OCc2ccccn2)c(Cl)c1. The number of carbonyl (C=O) groups excluding carboxylic acids is 1. The number of amides is 1. The Kier molecular flexibility index (Phi) is 5.54. The Bertz CT molecular complexity index is 605. The maximum Gasteiger partial charge on any atom is 0.225 e. The average molecular weight is 306 g/mol. The minimum absolute atomic E-state index is 0.143. The van der Waals surface area contributed by atoms with Gasteiger partial charge in [0.1, 0.15) is 12.4 Å². The number of nitrogens with one attached hydrogen (secondary N) is 1. The van der Waals surface area contributed by atoms with E-state index in [2.05, 4.69) is 10.3 Å². The second-order valence-electron chi connectivity index (χ2n) is 4.34. The first kappa shape index (κ1) is 15.3. The van der Waals surface area contributed by atoms with Gasteiger partial charge in [-0.25, -0.2) is 0 Å². The third kappa shape index (κ3) is 4.73. The number of anilines is 1. The lowest BCUT2D eigenvalue weighted by molar-refractivity contribution is -0.116. The van der Waals surface area contributed by atoms with Gasteiger partial charge in [0.05, 0.1) is 10.7 Å². The highest BCUT2D eigenvalue weighted by Crippen LogP contribution is 2.28. The van der Waals surface area contributed by atoms with Crippen LogP contribution in [0.4, 0.5) is 5.69 Å². The molecule has 21 heavy (non-hydrogen) atoms. The number of ether oxygens (including phenoxy) is 1. The van der Waals surface area contributed by atoms with Crippen molar-refractivity contribution in [3.63, 3.8) is 0 Å². The van der Waals surface area contributed by atoms with Crippen molar-refractivity contribution in [2.75, 3.05) is 11.9 Å². The van der Waals surface area contributed by atoms with Gasteiger partial charge >= 0.3 is 0 Å². The van der Waals surface area contributed by atoms with Gasteiger partial charge < -0.3 is 15.8 Å². The van der Waals surface area contributed by atoms with Crippen LogP contribution in [0, 0.1) is 0 Å². The molecule has 0 saturated heterocycles. The van der Waals surface area contributed by atoms with E-state index in [0.29, 0.717) is 29.6 Å². The Balaban J connectivity index is 1.97. The fourth-order valence-electron chi connectivity index (χ4n) is 1.69. The molecular weight excluding hydrogens is 290 g/mol. The van der Waals surface area contributed by atoms with Gasteiger partial charge in [0, 0.05) is 24.8 Å². The fraction of sp³-hybridized carbons (Fsp3) is 0.200. The van der Waals surface area contributed by atoms with Crippen LogP contribution in [0.5, 0.6) is 5.75 Å². The molecule has 0 spiro atoms. The van der Waals surface area contributed by atoms with Gasteiger partial charge in [-0.3, -0.25) is 9.78 Å². The Hall–Kier alpha value is -2.11. The number of carbonyl (C=O) groups is 1. The molecular formula is C15H16ClN3O2. The summed E-state index contributed by atoms with van der Waals surface area (Å²) in [5.41, 5.74) is 6.75. The molecule has 0 aliphatic rings. The Morgan fingerprint density at radius 2 is 2.19 bits per heavy atom. The molecule has 0 aliphatic heterocycles. The van der Waals surface area contributed by atoms with Crippen LogP contribution in [0.1, 0.15) is 12.1 Å². The number of aromatic nitrogens is 1. The van der Waals surface area contributed by atoms with Gasteiger partial charge in [-0.1, -0.05) is 17.7 Å². The van der Waals surface area contributed by atoms with Crippen LogP contribution in [0.3, 0.4) is 0 Å².